The summed E-state index contributed by atoms with van der Waals surface area (Å²) in [4.78, 5) is 13.9. The second kappa shape index (κ2) is 7.00. The maximum absolute atomic E-state index is 11.9. The topological polar surface area (TPSA) is 102 Å². The zero-order valence-electron chi connectivity index (χ0n) is 12.2. The Bertz CT molecular complexity index is 563. The van der Waals surface area contributed by atoms with Gasteiger partial charge in [-0.05, 0) is 26.2 Å². The molecule has 2 aromatic rings. The zero-order valence-corrected chi connectivity index (χ0v) is 12.2. The monoisotopic (exact) mass is 292 g/mol. The summed E-state index contributed by atoms with van der Waals surface area (Å²) in [6.07, 6.45) is 3.28. The van der Waals surface area contributed by atoms with Gasteiger partial charge in [-0.1, -0.05) is 5.21 Å². The molecule has 0 aliphatic rings. The molecule has 2 heterocycles. The highest BCUT2D eigenvalue weighted by molar-refractivity contribution is 5.75. The highest BCUT2D eigenvalue weighted by Gasteiger charge is 2.18. The molecule has 114 valence electrons. The molecule has 0 bridgehead atoms. The van der Waals surface area contributed by atoms with E-state index in [1.165, 1.54) is 4.68 Å². The molecule has 3 N–H and O–H groups in total. The number of furan rings is 1. The maximum atomic E-state index is 11.9. The predicted octanol–water partition coefficient (Wildman–Crippen LogP) is -0.251. The highest BCUT2D eigenvalue weighted by Crippen LogP contribution is 2.17. The molecule has 0 aliphatic carbocycles. The van der Waals surface area contributed by atoms with Crippen LogP contribution < -0.4 is 11.1 Å². The molecule has 0 saturated heterocycles. The van der Waals surface area contributed by atoms with Crippen molar-refractivity contribution in [2.75, 3.05) is 20.6 Å². The molecule has 21 heavy (non-hydrogen) atoms. The summed E-state index contributed by atoms with van der Waals surface area (Å²) < 4.78 is 6.86. The third-order valence-electron chi connectivity index (χ3n) is 3.09. The molecule has 8 nitrogen and oxygen atoms in total. The fourth-order valence-corrected chi connectivity index (χ4v) is 1.94. The lowest BCUT2D eigenvalue weighted by molar-refractivity contribution is -0.122. The van der Waals surface area contributed by atoms with E-state index in [4.69, 9.17) is 10.2 Å². The third kappa shape index (κ3) is 4.14. The van der Waals surface area contributed by atoms with Crippen molar-refractivity contribution >= 4 is 5.91 Å². The van der Waals surface area contributed by atoms with E-state index in [0.717, 1.165) is 5.76 Å². The Morgan fingerprint density at radius 1 is 1.57 bits per heavy atom. The number of hydrogen-bond donors (Lipinski definition) is 2. The molecule has 2 rings (SSSR count). The van der Waals surface area contributed by atoms with Crippen LogP contribution in [0.25, 0.3) is 0 Å². The Hall–Kier alpha value is -2.19. The Kier molecular flexibility index (Phi) is 5.07. The second-order valence-electron chi connectivity index (χ2n) is 4.91. The Labute approximate surface area is 122 Å². The van der Waals surface area contributed by atoms with Crippen molar-refractivity contribution in [2.45, 2.75) is 19.1 Å². The smallest absolute Gasteiger partial charge is 0.241 e. The van der Waals surface area contributed by atoms with Crippen LogP contribution in [-0.4, -0.2) is 46.4 Å². The van der Waals surface area contributed by atoms with E-state index in [2.05, 4.69) is 15.6 Å². The first-order valence-corrected chi connectivity index (χ1v) is 6.65. The van der Waals surface area contributed by atoms with Crippen molar-refractivity contribution in [3.8, 4) is 0 Å². The number of hydrogen-bond acceptors (Lipinski definition) is 6. The van der Waals surface area contributed by atoms with Gasteiger partial charge in [-0.2, -0.15) is 0 Å². The van der Waals surface area contributed by atoms with Gasteiger partial charge in [-0.15, -0.1) is 5.10 Å². The van der Waals surface area contributed by atoms with Crippen LogP contribution in [0.4, 0.5) is 0 Å². The summed E-state index contributed by atoms with van der Waals surface area (Å²) in [5, 5.41) is 10.5. The summed E-state index contributed by atoms with van der Waals surface area (Å²) in [7, 11) is 3.87. The average Bonchev–Trinajstić information content (AvgIpc) is 3.10. The number of amides is 1. The zero-order chi connectivity index (χ0) is 15.2. The molecule has 0 spiro atoms. The van der Waals surface area contributed by atoms with Crippen molar-refractivity contribution in [1.29, 1.82) is 0 Å². The lowest BCUT2D eigenvalue weighted by Gasteiger charge is -2.22. The molecule has 0 radical (unpaired) electrons. The van der Waals surface area contributed by atoms with Crippen LogP contribution in [0.3, 0.4) is 0 Å². The Morgan fingerprint density at radius 3 is 2.95 bits per heavy atom. The van der Waals surface area contributed by atoms with Gasteiger partial charge in [-0.3, -0.25) is 9.69 Å². The van der Waals surface area contributed by atoms with Crippen LogP contribution in [0.5, 0.6) is 0 Å². The minimum absolute atomic E-state index is 0.0145. The normalized spacial score (nSPS) is 12.6. The molecule has 1 atom stereocenters. The quantitative estimate of drug-likeness (QED) is 0.729. The average molecular weight is 292 g/mol. The van der Waals surface area contributed by atoms with Crippen LogP contribution >= 0.6 is 0 Å². The second-order valence-corrected chi connectivity index (χ2v) is 4.91. The third-order valence-corrected chi connectivity index (χ3v) is 3.09. The van der Waals surface area contributed by atoms with E-state index in [-0.39, 0.29) is 18.5 Å². The van der Waals surface area contributed by atoms with Crippen LogP contribution in [0, 0.1) is 0 Å². The molecular weight excluding hydrogens is 272 g/mol. The Morgan fingerprint density at radius 2 is 2.38 bits per heavy atom. The highest BCUT2D eigenvalue weighted by atomic mass is 16.3. The lowest BCUT2D eigenvalue weighted by atomic mass is 10.2. The fraction of sp³-hybridized carbons (Fsp3) is 0.462. The number of nitrogens with one attached hydrogen (secondary N) is 1. The van der Waals surface area contributed by atoms with Gasteiger partial charge in [0.15, 0.2) is 0 Å². The van der Waals surface area contributed by atoms with E-state index in [1.54, 1.807) is 12.5 Å². The van der Waals surface area contributed by atoms with E-state index < -0.39 is 0 Å². The lowest BCUT2D eigenvalue weighted by Crippen LogP contribution is -2.36. The van der Waals surface area contributed by atoms with E-state index in [0.29, 0.717) is 18.8 Å². The van der Waals surface area contributed by atoms with E-state index in [1.807, 2.05) is 31.1 Å². The summed E-state index contributed by atoms with van der Waals surface area (Å²) in [5.74, 6) is 0.674. The first-order chi connectivity index (χ1) is 10.1. The standard InChI is InChI=1S/C13H20N6O2/c1-18(2)11(12-4-3-5-21-12)7-15-13(20)9-19-8-10(6-14)16-17-19/h3-5,8,11H,6-7,9,14H2,1-2H3,(H,15,20). The van der Waals surface area contributed by atoms with Gasteiger partial charge >= 0.3 is 0 Å². The van der Waals surface area contributed by atoms with Crippen molar-refractivity contribution in [1.82, 2.24) is 25.2 Å². The van der Waals surface area contributed by atoms with Crippen molar-refractivity contribution in [3.63, 3.8) is 0 Å². The molecule has 0 saturated carbocycles. The number of carbonyl (C=O) groups is 1. The van der Waals surface area contributed by atoms with Gasteiger partial charge in [0.05, 0.1) is 24.2 Å². The molecule has 1 unspecified atom stereocenters. The van der Waals surface area contributed by atoms with Gasteiger partial charge in [0.1, 0.15) is 12.3 Å². The number of nitrogens with zero attached hydrogens (tertiary/aromatic N) is 4. The first-order valence-electron chi connectivity index (χ1n) is 6.65. The first kappa shape index (κ1) is 15.2. The van der Waals surface area contributed by atoms with E-state index in [9.17, 15) is 4.79 Å². The molecule has 2 aromatic heterocycles. The van der Waals surface area contributed by atoms with Crippen LogP contribution in [0.1, 0.15) is 17.5 Å². The predicted molar refractivity (Wildman–Crippen MR) is 76.1 cm³/mol. The molecule has 1 amide bonds. The van der Waals surface area contributed by atoms with E-state index >= 15 is 0 Å². The molecular formula is C13H20N6O2. The minimum Gasteiger partial charge on any atom is -0.468 e. The van der Waals surface area contributed by atoms with Crippen LogP contribution in [0.15, 0.2) is 29.0 Å². The summed E-state index contributed by atoms with van der Waals surface area (Å²) >= 11 is 0. The van der Waals surface area contributed by atoms with Crippen LogP contribution in [-0.2, 0) is 17.9 Å². The van der Waals surface area contributed by atoms with Gasteiger partial charge < -0.3 is 15.5 Å². The fourth-order valence-electron chi connectivity index (χ4n) is 1.94. The number of carbonyl (C=O) groups excluding carboxylic acids is 1. The van der Waals surface area contributed by atoms with Gasteiger partial charge in [0.2, 0.25) is 5.91 Å². The summed E-state index contributed by atoms with van der Waals surface area (Å²) in [6, 6.07) is 3.71. The number of aromatic nitrogens is 3. The molecule has 0 fully saturated rings. The number of rotatable bonds is 7. The van der Waals surface area contributed by atoms with Gasteiger partial charge in [0.25, 0.3) is 0 Å². The van der Waals surface area contributed by atoms with Gasteiger partial charge in [-0.25, -0.2) is 4.68 Å². The van der Waals surface area contributed by atoms with Crippen molar-refractivity contribution in [3.05, 3.63) is 36.0 Å². The minimum atomic E-state index is -0.137. The van der Waals surface area contributed by atoms with Crippen LogP contribution in [0.2, 0.25) is 0 Å². The molecule has 0 aliphatic heterocycles. The van der Waals surface area contributed by atoms with Gasteiger partial charge in [0, 0.05) is 13.1 Å². The summed E-state index contributed by atoms with van der Waals surface area (Å²) in [6.45, 7) is 0.881. The Balaban J connectivity index is 1.87. The molecule has 8 heteroatoms. The number of likely N-dealkylation sites (N-methyl/N-ethyl adjacent to an activating group) is 1. The van der Waals surface area contributed by atoms with Crippen molar-refractivity contribution < 1.29 is 9.21 Å². The van der Waals surface area contributed by atoms with Crippen molar-refractivity contribution in [2.24, 2.45) is 5.73 Å². The molecule has 0 aromatic carbocycles. The summed E-state index contributed by atoms with van der Waals surface area (Å²) in [5.41, 5.74) is 6.10. The largest absolute Gasteiger partial charge is 0.468 e. The SMILES string of the molecule is CN(C)C(CNC(=O)Cn1cc(CN)nn1)c1ccco1. The maximum Gasteiger partial charge on any atom is 0.241 e. The number of nitrogens with two attached hydrogens (primary N) is 1.